The average Bonchev–Trinajstić information content (AvgIpc) is 2.51. The fourth-order valence-electron chi connectivity index (χ4n) is 2.21. The van der Waals surface area contributed by atoms with E-state index in [0.717, 1.165) is 16.2 Å². The maximum Gasteiger partial charge on any atom is 0.245 e. The Morgan fingerprint density at radius 2 is 1.68 bits per heavy atom. The van der Waals surface area contributed by atoms with Crippen LogP contribution in [0.25, 0.3) is 0 Å². The number of nitrogens with zero attached hydrogens (tertiary/aromatic N) is 2. The second kappa shape index (κ2) is 7.76. The van der Waals surface area contributed by atoms with E-state index in [-0.39, 0.29) is 6.54 Å². The van der Waals surface area contributed by atoms with Gasteiger partial charge >= 0.3 is 0 Å². The predicted octanol–water partition coefficient (Wildman–Crippen LogP) is 2.81. The lowest BCUT2D eigenvalue weighted by molar-refractivity contribution is -0.114. The highest BCUT2D eigenvalue weighted by Crippen LogP contribution is 2.22. The molecule has 134 valence electrons. The van der Waals surface area contributed by atoms with Crippen LogP contribution in [-0.2, 0) is 14.8 Å². The van der Waals surface area contributed by atoms with Crippen LogP contribution in [0.3, 0.4) is 0 Å². The van der Waals surface area contributed by atoms with Crippen molar-refractivity contribution in [2.75, 3.05) is 41.4 Å². The molecule has 0 spiro atoms. The summed E-state index contributed by atoms with van der Waals surface area (Å²) in [4.78, 5) is 14.2. The van der Waals surface area contributed by atoms with E-state index in [1.54, 1.807) is 48.5 Å². The Morgan fingerprint density at radius 3 is 2.20 bits per heavy atom. The van der Waals surface area contributed by atoms with Crippen LogP contribution in [-0.4, -0.2) is 41.2 Å². The molecular formula is C17H20ClN3O3S. The van der Waals surface area contributed by atoms with Gasteiger partial charge in [0.2, 0.25) is 15.9 Å². The standard InChI is InChI=1S/C17H20ClN3O3S/c1-20(2)15-7-9-16(10-8-15)21(25(3,23)24)12-17(22)19-14-6-4-5-13(18)11-14/h4-11H,12H2,1-3H3,(H,19,22). The maximum absolute atomic E-state index is 12.3. The highest BCUT2D eigenvalue weighted by molar-refractivity contribution is 7.92. The van der Waals surface area contributed by atoms with Gasteiger partial charge in [0.05, 0.1) is 11.9 Å². The molecule has 2 rings (SSSR count). The Kier molecular flexibility index (Phi) is 5.92. The number of rotatable bonds is 6. The summed E-state index contributed by atoms with van der Waals surface area (Å²) in [5.74, 6) is -0.454. The number of anilines is 3. The lowest BCUT2D eigenvalue weighted by Gasteiger charge is -2.23. The quantitative estimate of drug-likeness (QED) is 0.835. The smallest absolute Gasteiger partial charge is 0.245 e. The molecule has 0 saturated heterocycles. The highest BCUT2D eigenvalue weighted by atomic mass is 35.5. The zero-order valence-corrected chi connectivity index (χ0v) is 15.8. The summed E-state index contributed by atoms with van der Waals surface area (Å²) in [6, 6.07) is 13.6. The summed E-state index contributed by atoms with van der Waals surface area (Å²) < 4.78 is 25.3. The van der Waals surface area contributed by atoms with Gasteiger partial charge < -0.3 is 10.2 Å². The number of sulfonamides is 1. The number of carbonyl (C=O) groups excluding carboxylic acids is 1. The van der Waals surface area contributed by atoms with Crippen LogP contribution < -0.4 is 14.5 Å². The second-order valence-electron chi connectivity index (χ2n) is 5.74. The first-order valence-electron chi connectivity index (χ1n) is 7.47. The number of hydrogen-bond acceptors (Lipinski definition) is 4. The van der Waals surface area contributed by atoms with E-state index < -0.39 is 15.9 Å². The van der Waals surface area contributed by atoms with Crippen LogP contribution in [0, 0.1) is 0 Å². The minimum absolute atomic E-state index is 0.327. The van der Waals surface area contributed by atoms with Crippen LogP contribution in [0.2, 0.25) is 5.02 Å². The van der Waals surface area contributed by atoms with Crippen molar-refractivity contribution in [2.45, 2.75) is 0 Å². The number of carbonyl (C=O) groups is 1. The van der Waals surface area contributed by atoms with Crippen molar-refractivity contribution in [3.63, 3.8) is 0 Å². The van der Waals surface area contributed by atoms with Crippen molar-refractivity contribution in [1.29, 1.82) is 0 Å². The van der Waals surface area contributed by atoms with Crippen molar-refractivity contribution >= 4 is 44.6 Å². The fraction of sp³-hybridized carbons (Fsp3) is 0.235. The molecule has 0 aromatic heterocycles. The van der Waals surface area contributed by atoms with Crippen molar-refractivity contribution in [2.24, 2.45) is 0 Å². The molecule has 1 N–H and O–H groups in total. The molecular weight excluding hydrogens is 362 g/mol. The molecule has 0 heterocycles. The van der Waals surface area contributed by atoms with Gasteiger partial charge in [-0.05, 0) is 42.5 Å². The van der Waals surface area contributed by atoms with Gasteiger partial charge in [0.1, 0.15) is 6.54 Å². The van der Waals surface area contributed by atoms with Gasteiger partial charge in [-0.2, -0.15) is 0 Å². The molecule has 2 aromatic rings. The summed E-state index contributed by atoms with van der Waals surface area (Å²) in [5, 5.41) is 3.13. The molecule has 0 radical (unpaired) electrons. The third kappa shape index (κ3) is 5.37. The zero-order chi connectivity index (χ0) is 18.6. The second-order valence-corrected chi connectivity index (χ2v) is 8.08. The number of hydrogen-bond donors (Lipinski definition) is 1. The molecule has 8 heteroatoms. The number of benzene rings is 2. The van der Waals surface area contributed by atoms with Crippen LogP contribution in [0.4, 0.5) is 17.1 Å². The van der Waals surface area contributed by atoms with Crippen molar-refractivity contribution in [3.05, 3.63) is 53.6 Å². The molecule has 0 aliphatic heterocycles. The summed E-state index contributed by atoms with van der Waals surface area (Å²) >= 11 is 5.88. The van der Waals surface area contributed by atoms with Gasteiger partial charge in [-0.25, -0.2) is 8.42 Å². The third-order valence-electron chi connectivity index (χ3n) is 3.45. The van der Waals surface area contributed by atoms with E-state index in [1.165, 1.54) is 0 Å². The fourth-order valence-corrected chi connectivity index (χ4v) is 3.26. The Labute approximate surface area is 153 Å². The van der Waals surface area contributed by atoms with Gasteiger partial charge in [0, 0.05) is 30.5 Å². The molecule has 2 aromatic carbocycles. The van der Waals surface area contributed by atoms with E-state index in [2.05, 4.69) is 5.32 Å². The number of amides is 1. The molecule has 0 fully saturated rings. The predicted molar refractivity (Wildman–Crippen MR) is 103 cm³/mol. The Hall–Kier alpha value is -2.25. The normalized spacial score (nSPS) is 11.0. The van der Waals surface area contributed by atoms with Gasteiger partial charge in [0.15, 0.2) is 0 Å². The molecule has 0 atom stereocenters. The van der Waals surface area contributed by atoms with Gasteiger partial charge in [0.25, 0.3) is 0 Å². The molecule has 0 saturated carbocycles. The average molecular weight is 382 g/mol. The molecule has 0 aliphatic rings. The minimum Gasteiger partial charge on any atom is -0.378 e. The first-order chi connectivity index (χ1) is 11.7. The van der Waals surface area contributed by atoms with Gasteiger partial charge in [-0.3, -0.25) is 9.10 Å². The SMILES string of the molecule is CN(C)c1ccc(N(CC(=O)Nc2cccc(Cl)c2)S(C)(=O)=O)cc1. The van der Waals surface area contributed by atoms with Crippen molar-refractivity contribution in [1.82, 2.24) is 0 Å². The van der Waals surface area contributed by atoms with E-state index in [9.17, 15) is 13.2 Å². The first-order valence-corrected chi connectivity index (χ1v) is 9.70. The molecule has 0 unspecified atom stereocenters. The largest absolute Gasteiger partial charge is 0.378 e. The van der Waals surface area contributed by atoms with E-state index in [4.69, 9.17) is 11.6 Å². The maximum atomic E-state index is 12.3. The molecule has 0 bridgehead atoms. The van der Waals surface area contributed by atoms with Gasteiger partial charge in [-0.15, -0.1) is 0 Å². The summed E-state index contributed by atoms with van der Waals surface area (Å²) in [7, 11) is 0.168. The summed E-state index contributed by atoms with van der Waals surface area (Å²) in [6.45, 7) is -0.327. The highest BCUT2D eigenvalue weighted by Gasteiger charge is 2.21. The topological polar surface area (TPSA) is 69.7 Å². The van der Waals surface area contributed by atoms with Crippen LogP contribution in [0.5, 0.6) is 0 Å². The third-order valence-corrected chi connectivity index (χ3v) is 4.83. The lowest BCUT2D eigenvalue weighted by Crippen LogP contribution is -2.37. The molecule has 25 heavy (non-hydrogen) atoms. The van der Waals surface area contributed by atoms with Crippen LogP contribution in [0.1, 0.15) is 0 Å². The Bertz CT molecular complexity index is 852. The molecule has 6 nitrogen and oxygen atoms in total. The van der Waals surface area contributed by atoms with Gasteiger partial charge in [-0.1, -0.05) is 17.7 Å². The number of halogens is 1. The lowest BCUT2D eigenvalue weighted by atomic mass is 10.2. The summed E-state index contributed by atoms with van der Waals surface area (Å²) in [6.07, 6.45) is 1.07. The van der Waals surface area contributed by atoms with E-state index in [1.807, 2.05) is 19.0 Å². The zero-order valence-electron chi connectivity index (χ0n) is 14.2. The van der Waals surface area contributed by atoms with Crippen molar-refractivity contribution < 1.29 is 13.2 Å². The Morgan fingerprint density at radius 1 is 1.08 bits per heavy atom. The van der Waals surface area contributed by atoms with Crippen LogP contribution in [0.15, 0.2) is 48.5 Å². The Balaban J connectivity index is 2.19. The monoisotopic (exact) mass is 381 g/mol. The van der Waals surface area contributed by atoms with E-state index >= 15 is 0 Å². The van der Waals surface area contributed by atoms with Crippen LogP contribution >= 0.6 is 11.6 Å². The minimum atomic E-state index is -3.61. The van der Waals surface area contributed by atoms with E-state index in [0.29, 0.717) is 16.4 Å². The molecule has 0 aliphatic carbocycles. The first kappa shape index (κ1) is 19.1. The van der Waals surface area contributed by atoms with Crippen molar-refractivity contribution in [3.8, 4) is 0 Å². The summed E-state index contributed by atoms with van der Waals surface area (Å²) in [5.41, 5.74) is 1.86. The molecule has 1 amide bonds. The number of nitrogens with one attached hydrogen (secondary N) is 1.